The molecule has 0 radical (unpaired) electrons. The summed E-state index contributed by atoms with van der Waals surface area (Å²) >= 11 is 0. The fourth-order valence-corrected chi connectivity index (χ4v) is 4.29. The molecule has 118 valence electrons. The molecule has 1 aliphatic carbocycles. The second kappa shape index (κ2) is 6.07. The van der Waals surface area contributed by atoms with Gasteiger partial charge in [0.1, 0.15) is 0 Å². The number of rotatable bonds is 6. The Morgan fingerprint density at radius 1 is 1.33 bits per heavy atom. The maximum Gasteiger partial charge on any atom is 0.243 e. The van der Waals surface area contributed by atoms with Crippen molar-refractivity contribution in [1.29, 1.82) is 0 Å². The Morgan fingerprint density at radius 2 is 1.95 bits per heavy atom. The van der Waals surface area contributed by atoms with Gasteiger partial charge in [0.25, 0.3) is 0 Å². The van der Waals surface area contributed by atoms with E-state index in [1.807, 2.05) is 27.0 Å². The summed E-state index contributed by atoms with van der Waals surface area (Å²) in [4.78, 5) is 0.448. The lowest BCUT2D eigenvalue weighted by molar-refractivity contribution is 0.444. The third-order valence-electron chi connectivity index (χ3n) is 4.52. The predicted octanol–water partition coefficient (Wildman–Crippen LogP) is 2.30. The van der Waals surface area contributed by atoms with Gasteiger partial charge in [-0.05, 0) is 61.9 Å². The van der Waals surface area contributed by atoms with Crippen molar-refractivity contribution in [3.05, 3.63) is 28.8 Å². The molecule has 1 saturated carbocycles. The molecule has 1 aromatic rings. The molecule has 1 aliphatic rings. The second-order valence-electron chi connectivity index (χ2n) is 6.32. The van der Waals surface area contributed by atoms with Crippen LogP contribution in [0.15, 0.2) is 17.0 Å². The fraction of sp³-hybridized carbons (Fsp3) is 0.625. The highest BCUT2D eigenvalue weighted by Crippen LogP contribution is 2.39. The Morgan fingerprint density at radius 3 is 2.48 bits per heavy atom. The third kappa shape index (κ3) is 3.47. The lowest BCUT2D eigenvalue weighted by Crippen LogP contribution is -2.30. The average Bonchev–Trinajstić information content (AvgIpc) is 3.09. The van der Waals surface area contributed by atoms with Crippen molar-refractivity contribution >= 4 is 10.0 Å². The van der Waals surface area contributed by atoms with Crippen molar-refractivity contribution < 1.29 is 8.42 Å². The summed E-state index contributed by atoms with van der Waals surface area (Å²) in [6, 6.07) is 3.86. The quantitative estimate of drug-likeness (QED) is 0.877. The van der Waals surface area contributed by atoms with Gasteiger partial charge in [-0.2, -0.15) is 0 Å². The zero-order chi connectivity index (χ0) is 15.8. The number of hydrogen-bond donors (Lipinski definition) is 1. The summed E-state index contributed by atoms with van der Waals surface area (Å²) in [7, 11) is 0.153. The minimum atomic E-state index is -3.41. The van der Waals surface area contributed by atoms with Gasteiger partial charge in [-0.15, -0.1) is 0 Å². The molecule has 0 bridgehead atoms. The summed E-state index contributed by atoms with van der Waals surface area (Å²) in [5.41, 5.74) is 2.88. The van der Waals surface area contributed by atoms with Crippen molar-refractivity contribution in [3.8, 4) is 0 Å². The van der Waals surface area contributed by atoms with Crippen molar-refractivity contribution in [3.63, 3.8) is 0 Å². The van der Waals surface area contributed by atoms with E-state index in [0.29, 0.717) is 29.8 Å². The average molecular weight is 310 g/mol. The Bertz CT molecular complexity index is 625. The molecule has 2 rings (SSSR count). The molecular weight excluding hydrogens is 284 g/mol. The Kier molecular flexibility index (Phi) is 4.76. The number of sulfonamides is 1. The molecular formula is C16H26N2O2S. The monoisotopic (exact) mass is 310 g/mol. The van der Waals surface area contributed by atoms with Crippen molar-refractivity contribution in [1.82, 2.24) is 9.62 Å². The van der Waals surface area contributed by atoms with E-state index in [1.165, 1.54) is 4.31 Å². The highest BCUT2D eigenvalue weighted by Gasteiger charge is 2.36. The number of aryl methyl sites for hydroxylation is 1. The molecule has 1 fully saturated rings. The lowest BCUT2D eigenvalue weighted by Gasteiger charge is -2.20. The van der Waals surface area contributed by atoms with E-state index in [-0.39, 0.29) is 0 Å². The van der Waals surface area contributed by atoms with Crippen LogP contribution in [-0.4, -0.2) is 33.4 Å². The van der Waals surface area contributed by atoms with E-state index < -0.39 is 10.0 Å². The maximum atomic E-state index is 12.8. The number of hydrogen-bond acceptors (Lipinski definition) is 3. The van der Waals surface area contributed by atoms with Crippen molar-refractivity contribution in [2.75, 3.05) is 20.6 Å². The van der Waals surface area contributed by atoms with Gasteiger partial charge >= 0.3 is 0 Å². The zero-order valence-corrected chi connectivity index (χ0v) is 14.4. The molecule has 2 atom stereocenters. The SMILES string of the molecule is CNCc1cc(C)c(C)c(S(=O)(=O)N(C)CC2CC2C)c1. The molecule has 5 heteroatoms. The Balaban J connectivity index is 2.33. The minimum absolute atomic E-state index is 0.448. The van der Waals surface area contributed by atoms with Crippen LogP contribution in [0.5, 0.6) is 0 Å². The summed E-state index contributed by atoms with van der Waals surface area (Å²) in [6.07, 6.45) is 1.14. The van der Waals surface area contributed by atoms with E-state index >= 15 is 0 Å². The van der Waals surface area contributed by atoms with E-state index in [2.05, 4.69) is 12.2 Å². The molecule has 4 nitrogen and oxygen atoms in total. The van der Waals surface area contributed by atoms with Crippen LogP contribution >= 0.6 is 0 Å². The first-order valence-electron chi connectivity index (χ1n) is 7.48. The zero-order valence-electron chi connectivity index (χ0n) is 13.6. The standard InChI is InChI=1S/C16H26N2O2S/c1-11-6-14(9-17-4)8-16(13(11)3)21(19,20)18(5)10-15-7-12(15)2/h6,8,12,15,17H,7,9-10H2,1-5H3. The van der Waals surface area contributed by atoms with Gasteiger partial charge in [0.05, 0.1) is 4.90 Å². The second-order valence-corrected chi connectivity index (χ2v) is 8.34. The van der Waals surface area contributed by atoms with E-state index in [4.69, 9.17) is 0 Å². The summed E-state index contributed by atoms with van der Waals surface area (Å²) in [5.74, 6) is 1.17. The molecule has 1 aromatic carbocycles. The van der Waals surface area contributed by atoms with Crippen LogP contribution in [0.25, 0.3) is 0 Å². The van der Waals surface area contributed by atoms with Gasteiger partial charge < -0.3 is 5.32 Å². The van der Waals surface area contributed by atoms with Crippen LogP contribution in [0, 0.1) is 25.7 Å². The summed E-state index contributed by atoms with van der Waals surface area (Å²) < 4.78 is 27.2. The van der Waals surface area contributed by atoms with E-state index in [9.17, 15) is 8.42 Å². The third-order valence-corrected chi connectivity index (χ3v) is 6.47. The Labute approximate surface area is 128 Å². The molecule has 0 heterocycles. The van der Waals surface area contributed by atoms with Crippen LogP contribution < -0.4 is 5.32 Å². The number of nitrogens with one attached hydrogen (secondary N) is 1. The van der Waals surface area contributed by atoms with Gasteiger partial charge in [-0.3, -0.25) is 0 Å². The summed E-state index contributed by atoms with van der Waals surface area (Å²) in [5, 5.41) is 3.08. The highest BCUT2D eigenvalue weighted by molar-refractivity contribution is 7.89. The fourth-order valence-electron chi connectivity index (χ4n) is 2.72. The molecule has 0 amide bonds. The largest absolute Gasteiger partial charge is 0.316 e. The first-order chi connectivity index (χ1) is 9.77. The van der Waals surface area contributed by atoms with Crippen LogP contribution in [0.1, 0.15) is 30.0 Å². The number of nitrogens with zero attached hydrogens (tertiary/aromatic N) is 1. The predicted molar refractivity (Wildman–Crippen MR) is 85.8 cm³/mol. The summed E-state index contributed by atoms with van der Waals surface area (Å²) in [6.45, 7) is 7.33. The normalized spacial score (nSPS) is 21.8. The van der Waals surface area contributed by atoms with Gasteiger partial charge in [0.2, 0.25) is 10.0 Å². The topological polar surface area (TPSA) is 49.4 Å². The molecule has 1 N–H and O–H groups in total. The first kappa shape index (κ1) is 16.5. The van der Waals surface area contributed by atoms with Gasteiger partial charge in [-0.25, -0.2) is 12.7 Å². The van der Waals surface area contributed by atoms with Gasteiger partial charge in [-0.1, -0.05) is 13.0 Å². The van der Waals surface area contributed by atoms with Crippen LogP contribution in [0.2, 0.25) is 0 Å². The minimum Gasteiger partial charge on any atom is -0.316 e. The van der Waals surface area contributed by atoms with Crippen LogP contribution in [0.4, 0.5) is 0 Å². The molecule has 2 unspecified atom stereocenters. The van der Waals surface area contributed by atoms with Crippen molar-refractivity contribution in [2.24, 2.45) is 11.8 Å². The molecule has 0 spiro atoms. The molecule has 21 heavy (non-hydrogen) atoms. The Hall–Kier alpha value is -0.910. The molecule has 0 aliphatic heterocycles. The van der Waals surface area contributed by atoms with E-state index in [1.54, 1.807) is 13.1 Å². The lowest BCUT2D eigenvalue weighted by atomic mass is 10.1. The molecule has 0 saturated heterocycles. The van der Waals surface area contributed by atoms with Gasteiger partial charge in [0.15, 0.2) is 0 Å². The maximum absolute atomic E-state index is 12.8. The van der Waals surface area contributed by atoms with Crippen LogP contribution in [0.3, 0.4) is 0 Å². The highest BCUT2D eigenvalue weighted by atomic mass is 32.2. The smallest absolute Gasteiger partial charge is 0.243 e. The first-order valence-corrected chi connectivity index (χ1v) is 8.92. The molecule has 0 aromatic heterocycles. The van der Waals surface area contributed by atoms with Crippen LogP contribution in [-0.2, 0) is 16.6 Å². The van der Waals surface area contributed by atoms with Gasteiger partial charge in [0, 0.05) is 20.1 Å². The van der Waals surface area contributed by atoms with E-state index in [0.717, 1.165) is 23.1 Å². The number of benzene rings is 1. The van der Waals surface area contributed by atoms with Crippen molar-refractivity contribution in [2.45, 2.75) is 38.6 Å².